The largest absolute Gasteiger partial charge is 0.355 e. The zero-order chi connectivity index (χ0) is 12.1. The Morgan fingerprint density at radius 2 is 1.88 bits per heavy atom. The van der Waals surface area contributed by atoms with Crippen LogP contribution in [-0.2, 0) is 0 Å². The lowest BCUT2D eigenvalue weighted by Gasteiger charge is -2.08. The summed E-state index contributed by atoms with van der Waals surface area (Å²) < 4.78 is 0. The van der Waals surface area contributed by atoms with E-state index in [1.165, 1.54) is 4.90 Å². The van der Waals surface area contributed by atoms with E-state index in [0.717, 1.165) is 11.4 Å². The topological polar surface area (TPSA) is 63.0 Å². The summed E-state index contributed by atoms with van der Waals surface area (Å²) in [7, 11) is 0. The first-order valence-corrected chi connectivity index (χ1v) is 6.38. The average molecular weight is 246 g/mol. The molecule has 2 aromatic rings. The van der Waals surface area contributed by atoms with Gasteiger partial charge in [0.05, 0.1) is 0 Å². The number of hydrazine groups is 1. The van der Waals surface area contributed by atoms with E-state index in [1.54, 1.807) is 18.0 Å². The molecule has 4 nitrogen and oxygen atoms in total. The molecule has 1 aromatic carbocycles. The summed E-state index contributed by atoms with van der Waals surface area (Å²) in [5.74, 6) is 5.94. The van der Waals surface area contributed by atoms with Crippen molar-refractivity contribution in [3.05, 3.63) is 42.6 Å². The molecule has 0 fully saturated rings. The first kappa shape index (κ1) is 11.8. The smallest absolute Gasteiger partial charge is 0.141 e. The van der Waals surface area contributed by atoms with E-state index in [1.807, 2.05) is 24.3 Å². The Hall–Kier alpha value is -1.72. The molecule has 2 rings (SSSR count). The van der Waals surface area contributed by atoms with Crippen LogP contribution in [0.15, 0.2) is 47.5 Å². The first-order valence-electron chi connectivity index (χ1n) is 5.15. The second kappa shape index (κ2) is 5.56. The Kier molecular flexibility index (Phi) is 3.85. The molecule has 0 aliphatic heterocycles. The van der Waals surface area contributed by atoms with Crippen LogP contribution in [0.1, 0.15) is 0 Å². The van der Waals surface area contributed by atoms with E-state index >= 15 is 0 Å². The number of nitrogens with zero attached hydrogens (tertiary/aromatic N) is 1. The van der Waals surface area contributed by atoms with Crippen LogP contribution in [0.4, 0.5) is 17.2 Å². The van der Waals surface area contributed by atoms with Crippen molar-refractivity contribution >= 4 is 29.0 Å². The second-order valence-electron chi connectivity index (χ2n) is 3.43. The van der Waals surface area contributed by atoms with E-state index in [4.69, 9.17) is 5.84 Å². The van der Waals surface area contributed by atoms with Crippen molar-refractivity contribution in [2.24, 2.45) is 5.84 Å². The Balaban J connectivity index is 2.13. The molecule has 0 spiro atoms. The minimum absolute atomic E-state index is 0.635. The summed E-state index contributed by atoms with van der Waals surface area (Å²) in [6, 6.07) is 12.0. The van der Waals surface area contributed by atoms with Gasteiger partial charge in [0.25, 0.3) is 0 Å². The fraction of sp³-hybridized carbons (Fsp3) is 0.0833. The maximum atomic E-state index is 5.31. The van der Waals surface area contributed by atoms with Crippen molar-refractivity contribution in [3.8, 4) is 0 Å². The van der Waals surface area contributed by atoms with E-state index < -0.39 is 0 Å². The maximum absolute atomic E-state index is 5.31. The molecule has 0 aliphatic carbocycles. The van der Waals surface area contributed by atoms with Crippen LogP contribution < -0.4 is 16.6 Å². The third kappa shape index (κ3) is 3.12. The number of nitrogens with one attached hydrogen (secondary N) is 2. The van der Waals surface area contributed by atoms with E-state index in [9.17, 15) is 0 Å². The highest BCUT2D eigenvalue weighted by atomic mass is 32.2. The third-order valence-electron chi connectivity index (χ3n) is 2.29. The Bertz CT molecular complexity index is 484. The predicted octanol–water partition coefficient (Wildman–Crippen LogP) is 2.83. The number of rotatable bonds is 4. The highest BCUT2D eigenvalue weighted by Gasteiger charge is 1.97. The number of thioether (sulfide) groups is 1. The van der Waals surface area contributed by atoms with Gasteiger partial charge in [0.2, 0.25) is 0 Å². The van der Waals surface area contributed by atoms with Crippen LogP contribution in [0.25, 0.3) is 0 Å². The van der Waals surface area contributed by atoms with E-state index in [0.29, 0.717) is 5.82 Å². The molecule has 0 saturated carbocycles. The normalized spacial score (nSPS) is 10.0. The quantitative estimate of drug-likeness (QED) is 0.440. The number of nitrogens with two attached hydrogens (primary N) is 1. The van der Waals surface area contributed by atoms with Crippen LogP contribution in [0.2, 0.25) is 0 Å². The van der Waals surface area contributed by atoms with Crippen LogP contribution in [0, 0.1) is 0 Å². The maximum Gasteiger partial charge on any atom is 0.141 e. The van der Waals surface area contributed by atoms with Gasteiger partial charge in [-0.05, 0) is 36.6 Å². The number of benzene rings is 1. The van der Waals surface area contributed by atoms with Crippen LogP contribution in [-0.4, -0.2) is 11.2 Å². The minimum Gasteiger partial charge on any atom is -0.355 e. The van der Waals surface area contributed by atoms with Crippen molar-refractivity contribution in [3.63, 3.8) is 0 Å². The summed E-state index contributed by atoms with van der Waals surface area (Å²) in [6.45, 7) is 0. The molecule has 0 unspecified atom stereocenters. The molecule has 88 valence electrons. The SMILES string of the molecule is CSc1ccc(Nc2ccnc(NN)c2)cc1. The van der Waals surface area contributed by atoms with Crippen molar-refractivity contribution in [1.82, 2.24) is 4.98 Å². The molecule has 0 aliphatic rings. The molecular weight excluding hydrogens is 232 g/mol. The highest BCUT2D eigenvalue weighted by molar-refractivity contribution is 7.98. The molecule has 0 atom stereocenters. The number of anilines is 3. The van der Waals surface area contributed by atoms with Gasteiger partial charge in [-0.3, -0.25) is 0 Å². The van der Waals surface area contributed by atoms with Gasteiger partial charge < -0.3 is 10.7 Å². The van der Waals surface area contributed by atoms with Gasteiger partial charge in [0.15, 0.2) is 0 Å². The standard InChI is InChI=1S/C12H14N4S/c1-17-11-4-2-9(3-5-11)15-10-6-7-14-12(8-10)16-13/h2-8H,13H2,1H3,(H2,14,15,16). The Morgan fingerprint density at radius 3 is 2.53 bits per heavy atom. The van der Waals surface area contributed by atoms with Crippen LogP contribution in [0.3, 0.4) is 0 Å². The molecule has 4 N–H and O–H groups in total. The zero-order valence-corrected chi connectivity index (χ0v) is 10.3. The minimum atomic E-state index is 0.635. The monoisotopic (exact) mass is 246 g/mol. The van der Waals surface area contributed by atoms with Gasteiger partial charge in [0, 0.05) is 28.5 Å². The van der Waals surface area contributed by atoms with Gasteiger partial charge in [0.1, 0.15) is 5.82 Å². The molecule has 5 heteroatoms. The molecular formula is C12H14N4S. The lowest BCUT2D eigenvalue weighted by Crippen LogP contribution is -2.08. The number of pyridine rings is 1. The van der Waals surface area contributed by atoms with Crippen molar-refractivity contribution in [2.75, 3.05) is 17.0 Å². The fourth-order valence-corrected chi connectivity index (χ4v) is 1.84. The third-order valence-corrected chi connectivity index (χ3v) is 3.03. The summed E-state index contributed by atoms with van der Waals surface area (Å²) in [5, 5.41) is 3.29. The van der Waals surface area contributed by atoms with Crippen molar-refractivity contribution in [2.45, 2.75) is 4.90 Å². The van der Waals surface area contributed by atoms with Gasteiger partial charge in [-0.15, -0.1) is 11.8 Å². The van der Waals surface area contributed by atoms with Crippen molar-refractivity contribution in [1.29, 1.82) is 0 Å². The first-order chi connectivity index (χ1) is 8.31. The zero-order valence-electron chi connectivity index (χ0n) is 9.47. The van der Waals surface area contributed by atoms with Gasteiger partial charge in [-0.2, -0.15) is 0 Å². The van der Waals surface area contributed by atoms with Gasteiger partial charge >= 0.3 is 0 Å². The molecule has 0 bridgehead atoms. The molecule has 0 amide bonds. The predicted molar refractivity (Wildman–Crippen MR) is 73.6 cm³/mol. The summed E-state index contributed by atoms with van der Waals surface area (Å²) in [5.41, 5.74) is 4.50. The molecule has 17 heavy (non-hydrogen) atoms. The summed E-state index contributed by atoms with van der Waals surface area (Å²) in [6.07, 6.45) is 3.76. The van der Waals surface area contributed by atoms with Crippen LogP contribution in [0.5, 0.6) is 0 Å². The fourth-order valence-electron chi connectivity index (χ4n) is 1.43. The van der Waals surface area contributed by atoms with E-state index in [-0.39, 0.29) is 0 Å². The van der Waals surface area contributed by atoms with Crippen LogP contribution >= 0.6 is 11.8 Å². The lowest BCUT2D eigenvalue weighted by molar-refractivity contribution is 1.23. The number of aromatic nitrogens is 1. The van der Waals surface area contributed by atoms with E-state index in [2.05, 4.69) is 34.1 Å². The van der Waals surface area contributed by atoms with Gasteiger partial charge in [-0.25, -0.2) is 10.8 Å². The Morgan fingerprint density at radius 1 is 1.12 bits per heavy atom. The number of hydrogen-bond acceptors (Lipinski definition) is 5. The summed E-state index contributed by atoms with van der Waals surface area (Å²) >= 11 is 1.73. The number of nitrogen functional groups attached to an aromatic ring is 1. The average Bonchev–Trinajstić information content (AvgIpc) is 2.40. The van der Waals surface area contributed by atoms with Gasteiger partial charge in [-0.1, -0.05) is 0 Å². The second-order valence-corrected chi connectivity index (χ2v) is 4.31. The Labute approximate surface area is 105 Å². The molecule has 1 heterocycles. The summed E-state index contributed by atoms with van der Waals surface area (Å²) in [4.78, 5) is 5.29. The van der Waals surface area contributed by atoms with Crippen molar-refractivity contribution < 1.29 is 0 Å². The number of hydrogen-bond donors (Lipinski definition) is 3. The lowest BCUT2D eigenvalue weighted by atomic mass is 10.3. The highest BCUT2D eigenvalue weighted by Crippen LogP contribution is 2.21. The molecule has 1 aromatic heterocycles. The molecule has 0 saturated heterocycles. The molecule has 0 radical (unpaired) electrons.